The normalized spacial score (nSPS) is 12.3. The third kappa shape index (κ3) is 5.98. The maximum Gasteiger partial charge on any atom is 0.213 e. The molecule has 0 aliphatic rings. The van der Waals surface area contributed by atoms with Crippen molar-refractivity contribution < 1.29 is 8.42 Å². The Morgan fingerprint density at radius 2 is 1.86 bits per heavy atom. The standard InChI is InChI=1S/C9H20BrNO2S/c1-3-9-14(12,13)11(2)8-6-4-5-7-10/h3-9H2,1-2H3. The van der Waals surface area contributed by atoms with Gasteiger partial charge in [-0.25, -0.2) is 12.7 Å². The smallest absolute Gasteiger partial charge is 0.212 e. The lowest BCUT2D eigenvalue weighted by Gasteiger charge is -2.16. The van der Waals surface area contributed by atoms with Crippen molar-refractivity contribution in [3.8, 4) is 0 Å². The van der Waals surface area contributed by atoms with E-state index >= 15 is 0 Å². The predicted octanol–water partition coefficient (Wildman–Crippen LogP) is 2.22. The molecule has 3 nitrogen and oxygen atoms in total. The van der Waals surface area contributed by atoms with Crippen molar-refractivity contribution in [2.75, 3.05) is 24.7 Å². The molecule has 0 atom stereocenters. The summed E-state index contributed by atoms with van der Waals surface area (Å²) >= 11 is 3.35. The molecular formula is C9H20BrNO2S. The van der Waals surface area contributed by atoms with E-state index in [9.17, 15) is 8.42 Å². The van der Waals surface area contributed by atoms with Crippen LogP contribution in [-0.2, 0) is 10.0 Å². The Balaban J connectivity index is 3.78. The third-order valence-corrected chi connectivity index (χ3v) is 4.66. The Morgan fingerprint density at radius 3 is 2.36 bits per heavy atom. The summed E-state index contributed by atoms with van der Waals surface area (Å²) in [5.74, 6) is 0.266. The average molecular weight is 286 g/mol. The molecule has 0 aromatic heterocycles. The third-order valence-electron chi connectivity index (χ3n) is 2.04. The van der Waals surface area contributed by atoms with Crippen LogP contribution in [-0.4, -0.2) is 37.4 Å². The second-order valence-electron chi connectivity index (χ2n) is 3.39. The maximum atomic E-state index is 11.5. The van der Waals surface area contributed by atoms with Gasteiger partial charge in [-0.15, -0.1) is 0 Å². The molecule has 0 aliphatic heterocycles. The number of hydrogen-bond acceptors (Lipinski definition) is 2. The summed E-state index contributed by atoms with van der Waals surface area (Å²) in [6, 6.07) is 0. The summed E-state index contributed by atoms with van der Waals surface area (Å²) in [6.07, 6.45) is 3.83. The molecule has 0 spiro atoms. The van der Waals surface area contributed by atoms with E-state index in [4.69, 9.17) is 0 Å². The zero-order valence-electron chi connectivity index (χ0n) is 9.00. The Labute approximate surface area is 96.0 Å². The summed E-state index contributed by atoms with van der Waals surface area (Å²) in [7, 11) is -1.31. The van der Waals surface area contributed by atoms with E-state index in [2.05, 4.69) is 15.9 Å². The number of unbranched alkanes of at least 4 members (excludes halogenated alkanes) is 2. The molecule has 0 aromatic rings. The highest BCUT2D eigenvalue weighted by molar-refractivity contribution is 9.09. The molecule has 0 saturated carbocycles. The quantitative estimate of drug-likeness (QED) is 0.507. The first kappa shape index (κ1) is 14.4. The summed E-state index contributed by atoms with van der Waals surface area (Å²) in [4.78, 5) is 0. The van der Waals surface area contributed by atoms with Gasteiger partial charge in [-0.1, -0.05) is 29.3 Å². The van der Waals surface area contributed by atoms with E-state index in [-0.39, 0.29) is 5.75 Å². The van der Waals surface area contributed by atoms with Gasteiger partial charge >= 0.3 is 0 Å². The van der Waals surface area contributed by atoms with Crippen molar-refractivity contribution in [2.45, 2.75) is 32.6 Å². The van der Waals surface area contributed by atoms with Crippen LogP contribution in [0, 0.1) is 0 Å². The zero-order chi connectivity index (χ0) is 11.0. The molecule has 0 bridgehead atoms. The average Bonchev–Trinajstić information content (AvgIpc) is 2.12. The zero-order valence-corrected chi connectivity index (χ0v) is 11.4. The molecule has 0 amide bonds. The number of halogens is 1. The summed E-state index contributed by atoms with van der Waals surface area (Å²) in [5, 5.41) is 0.998. The molecule has 86 valence electrons. The van der Waals surface area contributed by atoms with Crippen LogP contribution in [0.3, 0.4) is 0 Å². The van der Waals surface area contributed by atoms with Crippen LogP contribution in [0.4, 0.5) is 0 Å². The molecule has 0 heterocycles. The van der Waals surface area contributed by atoms with E-state index in [0.717, 1.165) is 24.6 Å². The Morgan fingerprint density at radius 1 is 1.21 bits per heavy atom. The van der Waals surface area contributed by atoms with Gasteiger partial charge < -0.3 is 0 Å². The van der Waals surface area contributed by atoms with Gasteiger partial charge in [-0.3, -0.25) is 0 Å². The van der Waals surface area contributed by atoms with Crippen molar-refractivity contribution in [1.29, 1.82) is 0 Å². The molecule has 5 heteroatoms. The van der Waals surface area contributed by atoms with E-state index in [1.807, 2.05) is 6.92 Å². The van der Waals surface area contributed by atoms with E-state index in [1.54, 1.807) is 7.05 Å². The maximum absolute atomic E-state index is 11.5. The Bertz CT molecular complexity index is 229. The van der Waals surface area contributed by atoms with E-state index in [0.29, 0.717) is 13.0 Å². The molecular weight excluding hydrogens is 266 g/mol. The van der Waals surface area contributed by atoms with Crippen molar-refractivity contribution in [3.05, 3.63) is 0 Å². The fourth-order valence-electron chi connectivity index (χ4n) is 1.16. The van der Waals surface area contributed by atoms with Crippen molar-refractivity contribution in [1.82, 2.24) is 4.31 Å². The molecule has 14 heavy (non-hydrogen) atoms. The molecule has 0 radical (unpaired) electrons. The minimum atomic E-state index is -2.98. The van der Waals surface area contributed by atoms with Crippen LogP contribution in [0.1, 0.15) is 32.6 Å². The minimum absolute atomic E-state index is 0.266. The second-order valence-corrected chi connectivity index (χ2v) is 6.38. The van der Waals surface area contributed by atoms with Crippen molar-refractivity contribution in [2.24, 2.45) is 0 Å². The van der Waals surface area contributed by atoms with Crippen molar-refractivity contribution >= 4 is 26.0 Å². The number of nitrogens with zero attached hydrogens (tertiary/aromatic N) is 1. The first-order valence-corrected chi connectivity index (χ1v) is 7.77. The highest BCUT2D eigenvalue weighted by Crippen LogP contribution is 2.04. The molecule has 0 unspecified atom stereocenters. The summed E-state index contributed by atoms with van der Waals surface area (Å²) in [6.45, 7) is 2.53. The van der Waals surface area contributed by atoms with Gasteiger partial charge in [0.05, 0.1) is 5.75 Å². The molecule has 0 aromatic carbocycles. The van der Waals surface area contributed by atoms with Gasteiger partial charge in [0.15, 0.2) is 0 Å². The lowest BCUT2D eigenvalue weighted by molar-refractivity contribution is 0.454. The number of alkyl halides is 1. The lowest BCUT2D eigenvalue weighted by Crippen LogP contribution is -2.29. The number of rotatable bonds is 8. The SMILES string of the molecule is CCCS(=O)(=O)N(C)CCCCCBr. The summed E-state index contributed by atoms with van der Waals surface area (Å²) < 4.78 is 24.5. The van der Waals surface area contributed by atoms with Crippen LogP contribution < -0.4 is 0 Å². The van der Waals surface area contributed by atoms with Crippen LogP contribution >= 0.6 is 15.9 Å². The Hall–Kier alpha value is 0.390. The Kier molecular flexibility index (Phi) is 7.86. The van der Waals surface area contributed by atoms with Gasteiger partial charge in [0.1, 0.15) is 0 Å². The second kappa shape index (κ2) is 7.65. The van der Waals surface area contributed by atoms with Gasteiger partial charge in [0, 0.05) is 18.9 Å². The fraction of sp³-hybridized carbons (Fsp3) is 1.00. The van der Waals surface area contributed by atoms with Crippen LogP contribution in [0.5, 0.6) is 0 Å². The van der Waals surface area contributed by atoms with Gasteiger partial charge in [-0.05, 0) is 19.3 Å². The molecule has 0 fully saturated rings. The largest absolute Gasteiger partial charge is 0.213 e. The molecule has 0 N–H and O–H groups in total. The van der Waals surface area contributed by atoms with E-state index < -0.39 is 10.0 Å². The first-order chi connectivity index (χ1) is 6.54. The highest BCUT2D eigenvalue weighted by atomic mass is 79.9. The van der Waals surface area contributed by atoms with Gasteiger partial charge in [0.2, 0.25) is 10.0 Å². The molecule has 0 aliphatic carbocycles. The summed E-state index contributed by atoms with van der Waals surface area (Å²) in [5.41, 5.74) is 0. The highest BCUT2D eigenvalue weighted by Gasteiger charge is 2.15. The number of hydrogen-bond donors (Lipinski definition) is 0. The number of sulfonamides is 1. The van der Waals surface area contributed by atoms with E-state index in [1.165, 1.54) is 4.31 Å². The lowest BCUT2D eigenvalue weighted by atomic mass is 10.2. The first-order valence-electron chi connectivity index (χ1n) is 5.04. The fourth-order valence-corrected chi connectivity index (χ4v) is 2.79. The monoisotopic (exact) mass is 285 g/mol. The van der Waals surface area contributed by atoms with Crippen molar-refractivity contribution in [3.63, 3.8) is 0 Å². The molecule has 0 rings (SSSR count). The predicted molar refractivity (Wildman–Crippen MR) is 64.4 cm³/mol. The van der Waals surface area contributed by atoms with Crippen LogP contribution in [0.15, 0.2) is 0 Å². The minimum Gasteiger partial charge on any atom is -0.212 e. The van der Waals surface area contributed by atoms with Gasteiger partial charge in [0.25, 0.3) is 0 Å². The van der Waals surface area contributed by atoms with Gasteiger partial charge in [-0.2, -0.15) is 0 Å². The van der Waals surface area contributed by atoms with Crippen LogP contribution in [0.2, 0.25) is 0 Å². The topological polar surface area (TPSA) is 37.4 Å². The molecule has 0 saturated heterocycles. The van der Waals surface area contributed by atoms with Crippen LogP contribution in [0.25, 0.3) is 0 Å².